The summed E-state index contributed by atoms with van der Waals surface area (Å²) in [6.45, 7) is 5.90. The second-order valence-corrected chi connectivity index (χ2v) is 5.87. The number of rotatable bonds is 9. The van der Waals surface area contributed by atoms with Gasteiger partial charge in [-0.3, -0.25) is 0 Å². The number of benzene rings is 1. The zero-order valence-corrected chi connectivity index (χ0v) is 12.5. The Morgan fingerprint density at radius 3 is 2.95 bits per heavy atom. The third-order valence-electron chi connectivity index (χ3n) is 3.51. The minimum Gasteiger partial charge on any atom is -0.380 e. The molecule has 1 N–H and O–H groups in total. The van der Waals surface area contributed by atoms with Crippen molar-refractivity contribution in [2.75, 3.05) is 26.3 Å². The molecule has 0 saturated heterocycles. The van der Waals surface area contributed by atoms with E-state index in [2.05, 4.69) is 24.4 Å². The van der Waals surface area contributed by atoms with E-state index in [1.54, 1.807) is 0 Å². The molecular formula is C16H24ClNO. The van der Waals surface area contributed by atoms with Gasteiger partial charge in [0.25, 0.3) is 0 Å². The molecule has 2 nitrogen and oxygen atoms in total. The van der Waals surface area contributed by atoms with E-state index in [1.807, 2.05) is 12.1 Å². The smallest absolute Gasteiger partial charge is 0.0547 e. The summed E-state index contributed by atoms with van der Waals surface area (Å²) >= 11 is 6.08. The Morgan fingerprint density at radius 1 is 1.42 bits per heavy atom. The highest BCUT2D eigenvalue weighted by Gasteiger charge is 2.22. The van der Waals surface area contributed by atoms with Gasteiger partial charge in [-0.2, -0.15) is 0 Å². The van der Waals surface area contributed by atoms with Gasteiger partial charge < -0.3 is 10.1 Å². The average Bonchev–Trinajstić information content (AvgIpc) is 3.21. The lowest BCUT2D eigenvalue weighted by molar-refractivity contribution is 0.110. The highest BCUT2D eigenvalue weighted by Crippen LogP contribution is 2.29. The standard InChI is InChI=1S/C16H24ClNO/c1-2-8-18-10-15(12-19-11-13-6-7-13)14-4-3-5-16(17)9-14/h3-5,9,13,15,18H,2,6-8,10-12H2,1H3. The average molecular weight is 282 g/mol. The van der Waals surface area contributed by atoms with E-state index in [1.165, 1.54) is 18.4 Å². The number of ether oxygens (including phenoxy) is 1. The normalized spacial score (nSPS) is 16.5. The van der Waals surface area contributed by atoms with Crippen molar-refractivity contribution < 1.29 is 4.74 Å². The Bertz CT molecular complexity index is 379. The monoisotopic (exact) mass is 281 g/mol. The fourth-order valence-electron chi connectivity index (χ4n) is 2.15. The molecule has 1 aromatic rings. The zero-order valence-electron chi connectivity index (χ0n) is 11.7. The second-order valence-electron chi connectivity index (χ2n) is 5.44. The number of nitrogens with one attached hydrogen (secondary N) is 1. The molecule has 0 aliphatic heterocycles. The first-order chi connectivity index (χ1) is 9.29. The maximum Gasteiger partial charge on any atom is 0.0547 e. The van der Waals surface area contributed by atoms with Gasteiger partial charge in [0.05, 0.1) is 6.61 Å². The van der Waals surface area contributed by atoms with Crippen molar-refractivity contribution in [3.05, 3.63) is 34.9 Å². The summed E-state index contributed by atoms with van der Waals surface area (Å²) in [5, 5.41) is 4.29. The molecule has 0 spiro atoms. The molecule has 0 bridgehead atoms. The van der Waals surface area contributed by atoms with E-state index in [0.29, 0.717) is 5.92 Å². The Balaban J connectivity index is 1.87. The van der Waals surface area contributed by atoms with Crippen molar-refractivity contribution in [2.45, 2.75) is 32.1 Å². The van der Waals surface area contributed by atoms with Crippen LogP contribution in [0.3, 0.4) is 0 Å². The Morgan fingerprint density at radius 2 is 2.26 bits per heavy atom. The molecule has 3 heteroatoms. The molecule has 0 heterocycles. The molecule has 1 fully saturated rings. The van der Waals surface area contributed by atoms with Crippen LogP contribution in [0, 0.1) is 5.92 Å². The first-order valence-electron chi connectivity index (χ1n) is 7.33. The van der Waals surface area contributed by atoms with Crippen molar-refractivity contribution in [2.24, 2.45) is 5.92 Å². The van der Waals surface area contributed by atoms with Gasteiger partial charge in [-0.1, -0.05) is 30.7 Å². The minimum absolute atomic E-state index is 0.393. The maximum absolute atomic E-state index is 6.08. The zero-order chi connectivity index (χ0) is 13.5. The van der Waals surface area contributed by atoms with Gasteiger partial charge in [-0.25, -0.2) is 0 Å². The van der Waals surface area contributed by atoms with Crippen LogP contribution in [0.4, 0.5) is 0 Å². The summed E-state index contributed by atoms with van der Waals surface area (Å²) in [5.41, 5.74) is 1.27. The van der Waals surface area contributed by atoms with Crippen LogP contribution in [-0.2, 0) is 4.74 Å². The summed E-state index contributed by atoms with van der Waals surface area (Å²) in [5.74, 6) is 1.22. The van der Waals surface area contributed by atoms with E-state index in [-0.39, 0.29) is 0 Å². The van der Waals surface area contributed by atoms with E-state index >= 15 is 0 Å². The van der Waals surface area contributed by atoms with Crippen molar-refractivity contribution >= 4 is 11.6 Å². The Kier molecular flexibility index (Phi) is 6.15. The summed E-state index contributed by atoms with van der Waals surface area (Å²) in [6, 6.07) is 8.14. The van der Waals surface area contributed by atoms with E-state index in [0.717, 1.165) is 43.7 Å². The highest BCUT2D eigenvalue weighted by atomic mass is 35.5. The molecule has 1 atom stereocenters. The summed E-state index contributed by atoms with van der Waals surface area (Å²) < 4.78 is 5.86. The summed E-state index contributed by atoms with van der Waals surface area (Å²) in [4.78, 5) is 0. The predicted octanol–water partition coefficient (Wildman–Crippen LogP) is 3.85. The second kappa shape index (κ2) is 7.88. The molecule has 1 unspecified atom stereocenters. The van der Waals surface area contributed by atoms with Crippen LogP contribution in [0.5, 0.6) is 0 Å². The predicted molar refractivity (Wildman–Crippen MR) is 80.9 cm³/mol. The van der Waals surface area contributed by atoms with Gasteiger partial charge in [-0.15, -0.1) is 0 Å². The van der Waals surface area contributed by atoms with Gasteiger partial charge in [-0.05, 0) is 49.4 Å². The molecule has 1 aromatic carbocycles. The van der Waals surface area contributed by atoms with Crippen molar-refractivity contribution in [1.82, 2.24) is 5.32 Å². The van der Waals surface area contributed by atoms with Crippen LogP contribution in [0.25, 0.3) is 0 Å². The molecule has 19 heavy (non-hydrogen) atoms. The van der Waals surface area contributed by atoms with Crippen LogP contribution in [-0.4, -0.2) is 26.3 Å². The fourth-order valence-corrected chi connectivity index (χ4v) is 2.35. The molecule has 0 aromatic heterocycles. The number of hydrogen-bond donors (Lipinski definition) is 1. The molecule has 1 aliphatic carbocycles. The molecule has 2 rings (SSSR count). The largest absolute Gasteiger partial charge is 0.380 e. The van der Waals surface area contributed by atoms with E-state index in [9.17, 15) is 0 Å². The van der Waals surface area contributed by atoms with Crippen molar-refractivity contribution in [3.8, 4) is 0 Å². The Labute approximate surface area is 121 Å². The fraction of sp³-hybridized carbons (Fsp3) is 0.625. The quantitative estimate of drug-likeness (QED) is 0.694. The van der Waals surface area contributed by atoms with E-state index in [4.69, 9.17) is 16.3 Å². The summed E-state index contributed by atoms with van der Waals surface area (Å²) in [6.07, 6.45) is 3.84. The number of halogens is 1. The van der Waals surface area contributed by atoms with Crippen LogP contribution >= 0.6 is 11.6 Å². The van der Waals surface area contributed by atoms with Crippen LogP contribution < -0.4 is 5.32 Å². The summed E-state index contributed by atoms with van der Waals surface area (Å²) in [7, 11) is 0. The van der Waals surface area contributed by atoms with Gasteiger partial charge >= 0.3 is 0 Å². The lowest BCUT2D eigenvalue weighted by Crippen LogP contribution is -2.25. The van der Waals surface area contributed by atoms with Crippen molar-refractivity contribution in [3.63, 3.8) is 0 Å². The lowest BCUT2D eigenvalue weighted by Gasteiger charge is -2.18. The van der Waals surface area contributed by atoms with Crippen LogP contribution in [0.1, 0.15) is 37.7 Å². The third-order valence-corrected chi connectivity index (χ3v) is 3.74. The maximum atomic E-state index is 6.08. The minimum atomic E-state index is 0.393. The van der Waals surface area contributed by atoms with Crippen LogP contribution in [0.15, 0.2) is 24.3 Å². The SMILES string of the molecule is CCCNCC(COCC1CC1)c1cccc(Cl)c1. The molecule has 1 saturated carbocycles. The molecule has 1 aliphatic rings. The molecule has 106 valence electrons. The van der Waals surface area contributed by atoms with Crippen molar-refractivity contribution in [1.29, 1.82) is 0 Å². The van der Waals surface area contributed by atoms with Crippen LogP contribution in [0.2, 0.25) is 5.02 Å². The van der Waals surface area contributed by atoms with Gasteiger partial charge in [0.2, 0.25) is 0 Å². The van der Waals surface area contributed by atoms with Gasteiger partial charge in [0, 0.05) is 24.1 Å². The molecule has 0 amide bonds. The molecule has 0 radical (unpaired) electrons. The van der Waals surface area contributed by atoms with Gasteiger partial charge in [0.15, 0.2) is 0 Å². The highest BCUT2D eigenvalue weighted by molar-refractivity contribution is 6.30. The van der Waals surface area contributed by atoms with E-state index < -0.39 is 0 Å². The first kappa shape index (κ1) is 14.8. The topological polar surface area (TPSA) is 21.3 Å². The third kappa shape index (κ3) is 5.52. The Hall–Kier alpha value is -0.570. The molecular weight excluding hydrogens is 258 g/mol. The lowest BCUT2D eigenvalue weighted by atomic mass is 10.00. The first-order valence-corrected chi connectivity index (χ1v) is 7.71. The number of hydrogen-bond acceptors (Lipinski definition) is 2. The van der Waals surface area contributed by atoms with Gasteiger partial charge in [0.1, 0.15) is 0 Å².